The third-order valence-electron chi connectivity index (χ3n) is 4.15. The van der Waals surface area contributed by atoms with Crippen LogP contribution >= 0.6 is 0 Å². The van der Waals surface area contributed by atoms with Crippen LogP contribution in [-0.4, -0.2) is 16.1 Å². The Bertz CT molecular complexity index is 718. The molecule has 2 atom stereocenters. The number of fused-ring (bicyclic) bond motifs is 1. The molecule has 2 aromatic rings. The van der Waals surface area contributed by atoms with Gasteiger partial charge in [0.1, 0.15) is 6.61 Å². The Morgan fingerprint density at radius 2 is 2.00 bits per heavy atom. The van der Waals surface area contributed by atoms with E-state index in [1.807, 2.05) is 30.3 Å². The van der Waals surface area contributed by atoms with Crippen molar-refractivity contribution in [1.82, 2.24) is 0 Å². The molecule has 1 aliphatic rings. The molecule has 0 spiro atoms. The number of ether oxygens (including phenoxy) is 1. The zero-order valence-corrected chi connectivity index (χ0v) is 12.5. The van der Waals surface area contributed by atoms with Crippen LogP contribution in [0.5, 0.6) is 5.75 Å². The molecule has 0 amide bonds. The molecule has 6 heteroatoms. The van der Waals surface area contributed by atoms with Crippen molar-refractivity contribution in [2.24, 2.45) is 5.73 Å². The first-order valence-electron chi connectivity index (χ1n) is 7.48. The highest BCUT2D eigenvalue weighted by Gasteiger charge is 2.33. The lowest BCUT2D eigenvalue weighted by Crippen LogP contribution is -2.33. The molecule has 0 bridgehead atoms. The monoisotopic (exact) mass is 314 g/mol. The summed E-state index contributed by atoms with van der Waals surface area (Å²) in [6.07, 6.45) is 0.101. The Balaban J connectivity index is 1.93. The maximum absolute atomic E-state index is 11.5. The fourth-order valence-electron chi connectivity index (χ4n) is 2.92. The zero-order chi connectivity index (χ0) is 16.4. The summed E-state index contributed by atoms with van der Waals surface area (Å²) in [5, 5.41) is 21.7. The summed E-state index contributed by atoms with van der Waals surface area (Å²) in [6, 6.07) is 12.3. The number of benzene rings is 2. The van der Waals surface area contributed by atoms with Crippen LogP contribution in [0.2, 0.25) is 0 Å². The molecule has 0 radical (unpaired) electrons. The highest BCUT2D eigenvalue weighted by atomic mass is 16.6. The van der Waals surface area contributed by atoms with Gasteiger partial charge < -0.3 is 15.6 Å². The van der Waals surface area contributed by atoms with Crippen molar-refractivity contribution in [2.45, 2.75) is 31.6 Å². The molecular weight excluding hydrogens is 296 g/mol. The van der Waals surface area contributed by atoms with Crippen LogP contribution in [0.25, 0.3) is 0 Å². The molecule has 3 rings (SSSR count). The molecule has 1 aliphatic carbocycles. The number of aliphatic hydroxyl groups excluding tert-OH is 1. The van der Waals surface area contributed by atoms with Gasteiger partial charge in [0.05, 0.1) is 11.0 Å². The largest absolute Gasteiger partial charge is 0.482 e. The van der Waals surface area contributed by atoms with Gasteiger partial charge in [0.15, 0.2) is 5.75 Å². The Morgan fingerprint density at radius 1 is 1.26 bits per heavy atom. The van der Waals surface area contributed by atoms with E-state index in [0.717, 1.165) is 5.56 Å². The molecule has 3 N–H and O–H groups in total. The number of hydrogen-bond acceptors (Lipinski definition) is 5. The summed E-state index contributed by atoms with van der Waals surface area (Å²) in [7, 11) is 0. The maximum atomic E-state index is 11.5. The summed E-state index contributed by atoms with van der Waals surface area (Å²) in [5.74, 6) is 0.222. The van der Waals surface area contributed by atoms with E-state index in [1.54, 1.807) is 12.1 Å². The molecule has 2 aromatic carbocycles. The third-order valence-corrected chi connectivity index (χ3v) is 4.15. The van der Waals surface area contributed by atoms with E-state index >= 15 is 0 Å². The molecule has 6 nitrogen and oxygen atoms in total. The van der Waals surface area contributed by atoms with Crippen LogP contribution in [0.15, 0.2) is 42.5 Å². The van der Waals surface area contributed by atoms with Crippen molar-refractivity contribution >= 4 is 5.69 Å². The quantitative estimate of drug-likeness (QED) is 0.667. The molecule has 0 aliphatic heterocycles. The van der Waals surface area contributed by atoms with Gasteiger partial charge >= 0.3 is 5.69 Å². The molecule has 0 heterocycles. The van der Waals surface area contributed by atoms with Crippen LogP contribution in [0, 0.1) is 10.1 Å². The van der Waals surface area contributed by atoms with Gasteiger partial charge in [-0.2, -0.15) is 0 Å². The van der Waals surface area contributed by atoms with Gasteiger partial charge in [-0.3, -0.25) is 10.1 Å². The van der Waals surface area contributed by atoms with Gasteiger partial charge in [0.25, 0.3) is 0 Å². The Labute approximate surface area is 133 Å². The smallest absolute Gasteiger partial charge is 0.314 e. The van der Waals surface area contributed by atoms with E-state index in [-0.39, 0.29) is 18.0 Å². The molecule has 0 fully saturated rings. The number of aliphatic hydroxyl groups is 1. The minimum Gasteiger partial charge on any atom is -0.482 e. The van der Waals surface area contributed by atoms with Gasteiger partial charge in [-0.1, -0.05) is 36.4 Å². The number of nitro benzene ring substituents is 1. The Kier molecular flexibility index (Phi) is 4.27. The fourth-order valence-corrected chi connectivity index (χ4v) is 2.92. The van der Waals surface area contributed by atoms with Gasteiger partial charge in [0.2, 0.25) is 0 Å². The number of hydrogen-bond donors (Lipinski definition) is 2. The lowest BCUT2D eigenvalue weighted by atomic mass is 9.85. The number of rotatable bonds is 4. The minimum absolute atomic E-state index is 0.0654. The predicted octanol–water partition coefficient (Wildman–Crippen LogP) is 2.48. The second-order valence-corrected chi connectivity index (χ2v) is 5.66. The summed E-state index contributed by atoms with van der Waals surface area (Å²) in [6.45, 7) is 0.253. The zero-order valence-electron chi connectivity index (χ0n) is 12.5. The fraction of sp³-hybridized carbons (Fsp3) is 0.294. The average molecular weight is 314 g/mol. The van der Waals surface area contributed by atoms with Crippen molar-refractivity contribution in [3.05, 3.63) is 69.3 Å². The lowest BCUT2D eigenvalue weighted by molar-refractivity contribution is -0.386. The van der Waals surface area contributed by atoms with E-state index in [4.69, 9.17) is 10.5 Å². The molecule has 0 saturated heterocycles. The van der Waals surface area contributed by atoms with Gasteiger partial charge in [-0.05, 0) is 30.0 Å². The van der Waals surface area contributed by atoms with E-state index in [9.17, 15) is 15.2 Å². The van der Waals surface area contributed by atoms with Crippen molar-refractivity contribution in [3.8, 4) is 5.75 Å². The average Bonchev–Trinajstić information content (AvgIpc) is 2.56. The third kappa shape index (κ3) is 3.04. The topological polar surface area (TPSA) is 98.6 Å². The molecule has 23 heavy (non-hydrogen) atoms. The molecule has 0 unspecified atom stereocenters. The van der Waals surface area contributed by atoms with Crippen LogP contribution in [0.4, 0.5) is 5.69 Å². The summed E-state index contributed by atoms with van der Waals surface area (Å²) in [5.41, 5.74) is 7.76. The Morgan fingerprint density at radius 3 is 2.70 bits per heavy atom. The van der Waals surface area contributed by atoms with E-state index < -0.39 is 17.1 Å². The maximum Gasteiger partial charge on any atom is 0.314 e. The summed E-state index contributed by atoms with van der Waals surface area (Å²) in [4.78, 5) is 11.1. The van der Waals surface area contributed by atoms with Gasteiger partial charge in [-0.15, -0.1) is 0 Å². The van der Waals surface area contributed by atoms with Crippen molar-refractivity contribution in [1.29, 1.82) is 0 Å². The number of nitrogens with zero attached hydrogens (tertiary/aromatic N) is 1. The highest BCUT2D eigenvalue weighted by molar-refractivity contribution is 5.58. The second-order valence-electron chi connectivity index (χ2n) is 5.66. The van der Waals surface area contributed by atoms with E-state index in [2.05, 4.69) is 0 Å². The standard InChI is InChI=1S/C17H18N2O4/c18-14-8-6-12-13(17(14)20)7-9-15(16(12)19(21)22)23-10-11-4-2-1-3-5-11/h1-5,7,9,14,17,20H,6,8,10,18H2/t14-,17-/m0/s1. The van der Waals surface area contributed by atoms with Crippen LogP contribution in [0.1, 0.15) is 29.2 Å². The first kappa shape index (κ1) is 15.5. The molecule has 0 saturated carbocycles. The van der Waals surface area contributed by atoms with Gasteiger partial charge in [0, 0.05) is 11.6 Å². The van der Waals surface area contributed by atoms with Crippen LogP contribution < -0.4 is 10.5 Å². The SMILES string of the molecule is N[C@H]1CCc2c(ccc(OCc3ccccc3)c2[N+](=O)[O-])[C@@H]1O. The Hall–Kier alpha value is -2.44. The molecule has 0 aromatic heterocycles. The predicted molar refractivity (Wildman–Crippen MR) is 85.1 cm³/mol. The van der Waals surface area contributed by atoms with Crippen molar-refractivity contribution < 1.29 is 14.8 Å². The summed E-state index contributed by atoms with van der Waals surface area (Å²) >= 11 is 0. The second kappa shape index (κ2) is 6.36. The molecule has 120 valence electrons. The lowest BCUT2D eigenvalue weighted by Gasteiger charge is -2.27. The highest BCUT2D eigenvalue weighted by Crippen LogP contribution is 2.40. The molecular formula is C17H18N2O4. The summed E-state index contributed by atoms with van der Waals surface area (Å²) < 4.78 is 5.66. The van der Waals surface area contributed by atoms with Crippen LogP contribution in [0.3, 0.4) is 0 Å². The minimum atomic E-state index is -0.874. The first-order chi connectivity index (χ1) is 11.1. The number of nitro groups is 1. The van der Waals surface area contributed by atoms with Crippen LogP contribution in [-0.2, 0) is 13.0 Å². The van der Waals surface area contributed by atoms with E-state index in [1.165, 1.54) is 0 Å². The normalized spacial score (nSPS) is 19.9. The number of nitrogens with two attached hydrogens (primary N) is 1. The first-order valence-corrected chi connectivity index (χ1v) is 7.48. The van der Waals surface area contributed by atoms with Gasteiger partial charge in [-0.25, -0.2) is 0 Å². The van der Waals surface area contributed by atoms with Crippen molar-refractivity contribution in [3.63, 3.8) is 0 Å². The van der Waals surface area contributed by atoms with Crippen molar-refractivity contribution in [2.75, 3.05) is 0 Å². The van der Waals surface area contributed by atoms with E-state index in [0.29, 0.717) is 24.0 Å².